The van der Waals surface area contributed by atoms with E-state index in [0.717, 1.165) is 0 Å². The third-order valence-electron chi connectivity index (χ3n) is 1.04. The first-order chi connectivity index (χ1) is 5.72. The zero-order valence-corrected chi connectivity index (χ0v) is 6.82. The highest BCUT2D eigenvalue weighted by atomic mass is 16.5. The van der Waals surface area contributed by atoms with Crippen LogP contribution in [0.15, 0.2) is 37.1 Å². The van der Waals surface area contributed by atoms with Crippen LogP contribution in [0.2, 0.25) is 0 Å². The van der Waals surface area contributed by atoms with Crippen LogP contribution in [0.1, 0.15) is 6.42 Å². The van der Waals surface area contributed by atoms with Gasteiger partial charge in [0.15, 0.2) is 0 Å². The van der Waals surface area contributed by atoms with Gasteiger partial charge in [-0.3, -0.25) is 0 Å². The summed E-state index contributed by atoms with van der Waals surface area (Å²) in [6.07, 6.45) is 5.03. The average Bonchev–Trinajstić information content (AvgIpc) is 2.04. The van der Waals surface area contributed by atoms with E-state index >= 15 is 0 Å². The van der Waals surface area contributed by atoms with Gasteiger partial charge in [-0.1, -0.05) is 18.7 Å². The van der Waals surface area contributed by atoms with Crippen LogP contribution in [0.25, 0.3) is 0 Å². The van der Waals surface area contributed by atoms with Crippen LogP contribution in [-0.4, -0.2) is 17.7 Å². The Balaban J connectivity index is 4.11. The number of aliphatic carboxylic acids is 1. The summed E-state index contributed by atoms with van der Waals surface area (Å²) < 4.78 is 4.85. The van der Waals surface area contributed by atoms with Crippen LogP contribution in [0.3, 0.4) is 0 Å². The molecule has 0 fully saturated rings. The van der Waals surface area contributed by atoms with Crippen LogP contribution in [0.5, 0.6) is 0 Å². The minimum absolute atomic E-state index is 0.0604. The lowest BCUT2D eigenvalue weighted by atomic mass is 10.3. The van der Waals surface area contributed by atoms with E-state index in [1.165, 1.54) is 12.2 Å². The Hall–Kier alpha value is -1.51. The first-order valence-electron chi connectivity index (χ1n) is 3.50. The Bertz CT molecular complexity index is 204. The molecule has 0 radical (unpaired) electrons. The molecule has 0 saturated carbocycles. The zero-order valence-electron chi connectivity index (χ0n) is 6.82. The molecule has 3 nitrogen and oxygen atoms in total. The second-order valence-electron chi connectivity index (χ2n) is 2.00. The maximum Gasteiger partial charge on any atom is 0.370 e. The minimum Gasteiger partial charge on any atom is -0.483 e. The van der Waals surface area contributed by atoms with Gasteiger partial charge in [-0.2, -0.15) is 0 Å². The maximum atomic E-state index is 10.4. The predicted molar refractivity (Wildman–Crippen MR) is 46.7 cm³/mol. The lowest BCUT2D eigenvalue weighted by molar-refractivity contribution is -0.136. The van der Waals surface area contributed by atoms with Crippen molar-refractivity contribution in [2.24, 2.45) is 0 Å². The van der Waals surface area contributed by atoms with Crippen molar-refractivity contribution in [1.29, 1.82) is 0 Å². The van der Waals surface area contributed by atoms with Gasteiger partial charge < -0.3 is 9.84 Å². The van der Waals surface area contributed by atoms with E-state index < -0.39 is 5.97 Å². The van der Waals surface area contributed by atoms with Gasteiger partial charge in [0.2, 0.25) is 5.76 Å². The summed E-state index contributed by atoms with van der Waals surface area (Å²) in [5.74, 6) is -1.13. The normalized spacial score (nSPS) is 10.5. The summed E-state index contributed by atoms with van der Waals surface area (Å²) in [6.45, 7) is 7.07. The molecule has 12 heavy (non-hydrogen) atoms. The number of rotatable bonds is 6. The molecular weight excluding hydrogens is 156 g/mol. The predicted octanol–water partition coefficient (Wildman–Crippen LogP) is 1.73. The largest absolute Gasteiger partial charge is 0.483 e. The lowest BCUT2D eigenvalue weighted by Gasteiger charge is -2.01. The third-order valence-corrected chi connectivity index (χ3v) is 1.04. The molecule has 0 unspecified atom stereocenters. The van der Waals surface area contributed by atoms with E-state index in [1.807, 2.05) is 0 Å². The van der Waals surface area contributed by atoms with Gasteiger partial charge in [-0.05, 0) is 12.5 Å². The number of ether oxygens (including phenoxy) is 1. The van der Waals surface area contributed by atoms with Crippen molar-refractivity contribution in [1.82, 2.24) is 0 Å². The summed E-state index contributed by atoms with van der Waals surface area (Å²) >= 11 is 0. The molecule has 0 atom stereocenters. The van der Waals surface area contributed by atoms with Crippen molar-refractivity contribution in [2.45, 2.75) is 6.42 Å². The Morgan fingerprint density at radius 3 is 2.50 bits per heavy atom. The number of carboxylic acid groups (broad SMARTS) is 1. The van der Waals surface area contributed by atoms with Crippen LogP contribution in [-0.2, 0) is 9.53 Å². The quantitative estimate of drug-likeness (QED) is 0.373. The fourth-order valence-electron chi connectivity index (χ4n) is 0.547. The first-order valence-corrected chi connectivity index (χ1v) is 3.50. The molecule has 0 rings (SSSR count). The van der Waals surface area contributed by atoms with Gasteiger partial charge in [0.1, 0.15) is 6.61 Å². The van der Waals surface area contributed by atoms with E-state index in [1.54, 1.807) is 6.08 Å². The highest BCUT2D eigenvalue weighted by Crippen LogP contribution is 1.99. The smallest absolute Gasteiger partial charge is 0.370 e. The summed E-state index contributed by atoms with van der Waals surface area (Å²) in [7, 11) is 0. The fourth-order valence-corrected chi connectivity index (χ4v) is 0.547. The van der Waals surface area contributed by atoms with E-state index in [9.17, 15) is 4.79 Å². The minimum atomic E-state index is -1.07. The van der Waals surface area contributed by atoms with Crippen molar-refractivity contribution in [2.75, 3.05) is 6.61 Å². The number of hydrogen-bond donors (Lipinski definition) is 1. The maximum absolute atomic E-state index is 10.4. The molecule has 1 N–H and O–H groups in total. The summed E-state index contributed by atoms with van der Waals surface area (Å²) in [5.41, 5.74) is 0. The van der Waals surface area contributed by atoms with Crippen LogP contribution < -0.4 is 0 Å². The lowest BCUT2D eigenvalue weighted by Crippen LogP contribution is -2.04. The third kappa shape index (κ3) is 4.33. The molecule has 0 spiro atoms. The molecule has 0 aliphatic carbocycles. The second-order valence-corrected chi connectivity index (χ2v) is 2.00. The van der Waals surface area contributed by atoms with Crippen LogP contribution in [0.4, 0.5) is 0 Å². The highest BCUT2D eigenvalue weighted by molar-refractivity contribution is 5.84. The van der Waals surface area contributed by atoms with Crippen molar-refractivity contribution in [3.63, 3.8) is 0 Å². The molecule has 0 aliphatic rings. The van der Waals surface area contributed by atoms with Crippen molar-refractivity contribution in [3.8, 4) is 0 Å². The number of allylic oxidation sites excluding steroid dienone is 2. The van der Waals surface area contributed by atoms with Gasteiger partial charge in [0.25, 0.3) is 0 Å². The summed E-state index contributed by atoms with van der Waals surface area (Å²) in [6, 6.07) is 0. The summed E-state index contributed by atoms with van der Waals surface area (Å²) in [5, 5.41) is 8.56. The van der Waals surface area contributed by atoms with Crippen molar-refractivity contribution < 1.29 is 14.6 Å². The number of carbonyl (C=O) groups is 1. The van der Waals surface area contributed by atoms with E-state index in [0.29, 0.717) is 6.42 Å². The number of carboxylic acids is 1. The van der Waals surface area contributed by atoms with Crippen molar-refractivity contribution in [3.05, 3.63) is 37.1 Å². The summed E-state index contributed by atoms with van der Waals surface area (Å²) in [4.78, 5) is 10.4. The molecule has 0 heterocycles. The molecule has 0 bridgehead atoms. The van der Waals surface area contributed by atoms with Crippen LogP contribution in [0, 0.1) is 0 Å². The Morgan fingerprint density at radius 1 is 1.42 bits per heavy atom. The molecule has 0 aromatic carbocycles. The number of hydrogen-bond acceptors (Lipinski definition) is 2. The van der Waals surface area contributed by atoms with Crippen LogP contribution >= 0.6 is 0 Å². The highest BCUT2D eigenvalue weighted by Gasteiger charge is 2.05. The molecular formula is C9H12O3. The molecule has 0 aromatic rings. The zero-order chi connectivity index (χ0) is 9.40. The molecule has 0 amide bonds. The van der Waals surface area contributed by atoms with Gasteiger partial charge in [0, 0.05) is 0 Å². The van der Waals surface area contributed by atoms with E-state index in [-0.39, 0.29) is 12.4 Å². The van der Waals surface area contributed by atoms with Gasteiger partial charge in [-0.15, -0.1) is 6.58 Å². The first kappa shape index (κ1) is 10.5. The monoisotopic (exact) mass is 168 g/mol. The van der Waals surface area contributed by atoms with E-state index in [2.05, 4.69) is 13.2 Å². The second kappa shape index (κ2) is 6.22. The van der Waals surface area contributed by atoms with E-state index in [4.69, 9.17) is 9.84 Å². The Morgan fingerprint density at radius 2 is 2.08 bits per heavy atom. The average molecular weight is 168 g/mol. The molecule has 0 aromatic heterocycles. The van der Waals surface area contributed by atoms with Gasteiger partial charge in [0.05, 0.1) is 0 Å². The SMILES string of the molecule is C=CC/C=C(/OCC=C)C(=O)O. The molecule has 0 saturated heterocycles. The fraction of sp³-hybridized carbons (Fsp3) is 0.222. The topological polar surface area (TPSA) is 46.5 Å². The molecule has 3 heteroatoms. The van der Waals surface area contributed by atoms with Crippen molar-refractivity contribution >= 4 is 5.97 Å². The molecule has 0 aliphatic heterocycles. The van der Waals surface area contributed by atoms with Gasteiger partial charge >= 0.3 is 5.97 Å². The Labute approximate surface area is 71.7 Å². The van der Waals surface area contributed by atoms with Gasteiger partial charge in [-0.25, -0.2) is 4.79 Å². The molecule has 66 valence electrons. The Kier molecular flexibility index (Phi) is 5.43. The standard InChI is InChI=1S/C9H12O3/c1-3-5-6-8(9(10)11)12-7-4-2/h3-4,6H,1-2,5,7H2,(H,10,11)/b8-6+.